The molecule has 0 saturated heterocycles. The van der Waals surface area contributed by atoms with Crippen molar-refractivity contribution in [2.75, 3.05) is 20.8 Å². The molecule has 1 radical (unpaired) electrons. The molecule has 6 heteroatoms. The molecular formula is C27H43NNaO4. The largest absolute Gasteiger partial charge is 0.508 e. The van der Waals surface area contributed by atoms with E-state index in [4.69, 9.17) is 9.47 Å². The molecule has 33 heavy (non-hydrogen) atoms. The minimum atomic E-state index is -0.114. The second-order valence-corrected chi connectivity index (χ2v) is 9.86. The fourth-order valence-electron chi connectivity index (χ4n) is 6.42. The first kappa shape index (κ1) is 28.6. The number of phenols is 1. The van der Waals surface area contributed by atoms with Crippen LogP contribution in [0.3, 0.4) is 0 Å². The Kier molecular flexibility index (Phi) is 11.7. The predicted octanol–water partition coefficient (Wildman–Crippen LogP) is 4.75. The third kappa shape index (κ3) is 6.55. The van der Waals surface area contributed by atoms with Crippen molar-refractivity contribution in [2.24, 2.45) is 11.8 Å². The summed E-state index contributed by atoms with van der Waals surface area (Å²) in [6.45, 7) is 5.21. The first-order valence-corrected chi connectivity index (χ1v) is 12.6. The number of methoxy groups -OCH3 is 2. The number of benzene rings is 1. The summed E-state index contributed by atoms with van der Waals surface area (Å²) in [4.78, 5) is 12.5. The smallest absolute Gasteiger partial charge is 0.308 e. The van der Waals surface area contributed by atoms with Gasteiger partial charge in [-0.25, -0.2) is 0 Å². The van der Waals surface area contributed by atoms with Gasteiger partial charge in [-0.3, -0.25) is 4.79 Å². The molecule has 5 nitrogen and oxygen atoms in total. The zero-order valence-electron chi connectivity index (χ0n) is 21.5. The summed E-state index contributed by atoms with van der Waals surface area (Å²) in [7, 11) is 3.30. The van der Waals surface area contributed by atoms with E-state index in [-0.39, 0.29) is 59.0 Å². The molecule has 2 aliphatic rings. The van der Waals surface area contributed by atoms with Gasteiger partial charge in [-0.1, -0.05) is 52.0 Å². The number of hydrogen-bond acceptors (Lipinski definition) is 5. The SMILES string of the molecule is CCC1(CC)c2cc(O)ccc2C[C@H](OC)[C@H]1NCC[C@H](CC1CCCCC1)C(=O)OC.[Na]. The minimum Gasteiger partial charge on any atom is -0.508 e. The summed E-state index contributed by atoms with van der Waals surface area (Å²) in [5.41, 5.74) is 2.39. The van der Waals surface area contributed by atoms with E-state index in [0.717, 1.165) is 38.6 Å². The molecule has 1 fully saturated rings. The number of phenolic OH excluding ortho intramolecular Hbond substituents is 1. The number of ether oxygens (including phenoxy) is 2. The first-order valence-electron chi connectivity index (χ1n) is 12.6. The van der Waals surface area contributed by atoms with Gasteiger partial charge in [0.15, 0.2) is 0 Å². The molecule has 3 rings (SSSR count). The Morgan fingerprint density at radius 1 is 1.18 bits per heavy atom. The molecule has 1 aromatic rings. The zero-order chi connectivity index (χ0) is 23.1. The summed E-state index contributed by atoms with van der Waals surface area (Å²) >= 11 is 0. The Bertz CT molecular complexity index is 746. The Labute approximate surface area is 222 Å². The quantitative estimate of drug-likeness (QED) is 0.383. The fraction of sp³-hybridized carbons (Fsp3) is 0.741. The van der Waals surface area contributed by atoms with Crippen molar-refractivity contribution < 1.29 is 19.4 Å². The van der Waals surface area contributed by atoms with Gasteiger partial charge in [0, 0.05) is 54.5 Å². The van der Waals surface area contributed by atoms with E-state index in [1.807, 2.05) is 12.1 Å². The number of nitrogens with one attached hydrogen (secondary N) is 1. The van der Waals surface area contributed by atoms with Gasteiger partial charge in [-0.15, -0.1) is 0 Å². The number of fused-ring (bicyclic) bond motifs is 1. The van der Waals surface area contributed by atoms with Crippen LogP contribution in [-0.2, 0) is 26.1 Å². The van der Waals surface area contributed by atoms with Crippen molar-refractivity contribution in [1.29, 1.82) is 0 Å². The molecule has 1 aromatic carbocycles. The topological polar surface area (TPSA) is 67.8 Å². The predicted molar refractivity (Wildman–Crippen MR) is 134 cm³/mol. The standard InChI is InChI=1S/C27H43NO4.Na/c1-5-27(6-2)23-18-22(29)13-12-20(23)17-24(31-3)25(27)28-15-14-21(26(30)32-4)16-19-10-8-7-9-11-19;/h12-13,18-19,21,24-25,28-29H,5-11,14-17H2,1-4H3;/t21-,24+,25-;/m1./s1. The van der Waals surface area contributed by atoms with E-state index in [2.05, 4.69) is 19.2 Å². The maximum atomic E-state index is 12.5. The average molecular weight is 469 g/mol. The van der Waals surface area contributed by atoms with Crippen LogP contribution in [0.2, 0.25) is 0 Å². The van der Waals surface area contributed by atoms with Crippen LogP contribution in [0.25, 0.3) is 0 Å². The van der Waals surface area contributed by atoms with Gasteiger partial charge in [0.1, 0.15) is 5.75 Å². The summed E-state index contributed by atoms with van der Waals surface area (Å²) in [6.07, 6.45) is 10.9. The molecule has 181 valence electrons. The van der Waals surface area contributed by atoms with Crippen molar-refractivity contribution in [3.8, 4) is 5.75 Å². The van der Waals surface area contributed by atoms with E-state index in [9.17, 15) is 9.90 Å². The van der Waals surface area contributed by atoms with Crippen molar-refractivity contribution in [1.82, 2.24) is 5.32 Å². The molecule has 2 N–H and O–H groups in total. The third-order valence-corrected chi connectivity index (χ3v) is 8.32. The van der Waals surface area contributed by atoms with Crippen LogP contribution in [0.1, 0.15) is 82.8 Å². The maximum Gasteiger partial charge on any atom is 0.308 e. The van der Waals surface area contributed by atoms with Gasteiger partial charge in [-0.05, 0) is 61.4 Å². The van der Waals surface area contributed by atoms with Crippen molar-refractivity contribution in [3.05, 3.63) is 29.3 Å². The normalized spacial score (nSPS) is 23.3. The number of hydrogen-bond donors (Lipinski definition) is 2. The molecule has 0 amide bonds. The van der Waals surface area contributed by atoms with E-state index < -0.39 is 0 Å². The molecule has 0 aromatic heterocycles. The molecular weight excluding hydrogens is 425 g/mol. The summed E-state index contributed by atoms with van der Waals surface area (Å²) in [6, 6.07) is 5.90. The molecule has 2 aliphatic carbocycles. The van der Waals surface area contributed by atoms with E-state index in [1.54, 1.807) is 13.2 Å². The molecule has 1 saturated carbocycles. The van der Waals surface area contributed by atoms with E-state index >= 15 is 0 Å². The monoisotopic (exact) mass is 468 g/mol. The van der Waals surface area contributed by atoms with Gasteiger partial charge in [-0.2, -0.15) is 0 Å². The fourth-order valence-corrected chi connectivity index (χ4v) is 6.42. The average Bonchev–Trinajstić information content (AvgIpc) is 2.83. The molecule has 0 aliphatic heterocycles. The van der Waals surface area contributed by atoms with E-state index in [0.29, 0.717) is 11.7 Å². The van der Waals surface area contributed by atoms with E-state index in [1.165, 1.54) is 50.3 Å². The van der Waals surface area contributed by atoms with Gasteiger partial charge >= 0.3 is 5.97 Å². The van der Waals surface area contributed by atoms with Gasteiger partial charge in [0.2, 0.25) is 0 Å². The number of esters is 1. The Balaban J connectivity index is 0.00000385. The van der Waals surface area contributed by atoms with Crippen LogP contribution in [0.15, 0.2) is 18.2 Å². The molecule has 0 heterocycles. The van der Waals surface area contributed by atoms with Crippen molar-refractivity contribution >= 4 is 35.5 Å². The van der Waals surface area contributed by atoms with Crippen LogP contribution in [0.5, 0.6) is 5.75 Å². The Hall–Kier alpha value is -0.590. The minimum absolute atomic E-state index is 0. The number of aromatic hydroxyl groups is 1. The van der Waals surface area contributed by atoms with Gasteiger partial charge in [0.05, 0.1) is 19.1 Å². The number of rotatable bonds is 10. The van der Waals surface area contributed by atoms with Gasteiger partial charge in [0.25, 0.3) is 0 Å². The van der Waals surface area contributed by atoms with Crippen LogP contribution >= 0.6 is 0 Å². The maximum absolute atomic E-state index is 12.5. The summed E-state index contributed by atoms with van der Waals surface area (Å²) in [5, 5.41) is 14.0. The van der Waals surface area contributed by atoms with Crippen LogP contribution in [-0.4, -0.2) is 73.5 Å². The van der Waals surface area contributed by atoms with Crippen molar-refractivity contribution in [2.45, 2.75) is 95.6 Å². The molecule has 0 spiro atoms. The van der Waals surface area contributed by atoms with Crippen LogP contribution < -0.4 is 5.32 Å². The molecule has 0 bridgehead atoms. The second kappa shape index (κ2) is 13.5. The number of carbonyl (C=O) groups excluding carboxylic acids is 1. The zero-order valence-corrected chi connectivity index (χ0v) is 23.5. The van der Waals surface area contributed by atoms with Crippen LogP contribution in [0, 0.1) is 11.8 Å². The Morgan fingerprint density at radius 2 is 1.88 bits per heavy atom. The molecule has 3 atom stereocenters. The third-order valence-electron chi connectivity index (χ3n) is 8.32. The Morgan fingerprint density at radius 3 is 2.48 bits per heavy atom. The summed E-state index contributed by atoms with van der Waals surface area (Å²) < 4.78 is 11.1. The second-order valence-electron chi connectivity index (χ2n) is 9.86. The van der Waals surface area contributed by atoms with Crippen LogP contribution in [0.4, 0.5) is 0 Å². The molecule has 0 unspecified atom stereocenters. The number of carbonyl (C=O) groups is 1. The summed E-state index contributed by atoms with van der Waals surface area (Å²) in [5.74, 6) is 0.850. The van der Waals surface area contributed by atoms with Gasteiger partial charge < -0.3 is 19.9 Å². The first-order chi connectivity index (χ1) is 15.5. The van der Waals surface area contributed by atoms with Crippen molar-refractivity contribution in [3.63, 3.8) is 0 Å².